The van der Waals surface area contributed by atoms with Crippen LogP contribution in [0.3, 0.4) is 0 Å². The van der Waals surface area contributed by atoms with Crippen LogP contribution < -0.4 is 0 Å². The first-order valence-electron chi connectivity index (χ1n) is 6.57. The molecule has 6 heteroatoms. The molecule has 2 rings (SSSR count). The maximum Gasteiger partial charge on any atom is 0.236 e. The second-order valence-electron chi connectivity index (χ2n) is 5.13. The third-order valence-electron chi connectivity index (χ3n) is 3.79. The van der Waals surface area contributed by atoms with Crippen LogP contribution in [0.15, 0.2) is 5.16 Å². The summed E-state index contributed by atoms with van der Waals surface area (Å²) in [6, 6.07) is 0. The minimum Gasteiger partial charge on any atom is -0.411 e. The third kappa shape index (κ3) is 3.43. The summed E-state index contributed by atoms with van der Waals surface area (Å²) in [6.45, 7) is 5.75. The van der Waals surface area contributed by atoms with Gasteiger partial charge in [-0.05, 0) is 7.05 Å². The third-order valence-corrected chi connectivity index (χ3v) is 3.79. The molecule has 2 saturated heterocycles. The van der Waals surface area contributed by atoms with Gasteiger partial charge in [0.25, 0.3) is 0 Å². The van der Waals surface area contributed by atoms with Crippen LogP contribution in [0.25, 0.3) is 0 Å². The average Bonchev–Trinajstić information content (AvgIpc) is 2.40. The van der Waals surface area contributed by atoms with Crippen LogP contribution in [0, 0.1) is 0 Å². The molecule has 102 valence electrons. The number of rotatable bonds is 2. The molecule has 0 aromatic carbocycles. The van der Waals surface area contributed by atoms with Gasteiger partial charge in [0, 0.05) is 52.1 Å². The van der Waals surface area contributed by atoms with Crippen molar-refractivity contribution in [3.05, 3.63) is 0 Å². The van der Waals surface area contributed by atoms with Crippen molar-refractivity contribution in [1.82, 2.24) is 14.7 Å². The van der Waals surface area contributed by atoms with Gasteiger partial charge in [0.2, 0.25) is 5.91 Å². The number of likely N-dealkylation sites (N-methyl/N-ethyl adjacent to an activating group) is 1. The average molecular weight is 254 g/mol. The lowest BCUT2D eigenvalue weighted by atomic mass is 10.1. The SMILES string of the molecule is CN1CCN(C(=O)CN2CCC(=NO)CC2)CC1. The Bertz CT molecular complexity index is 314. The Morgan fingerprint density at radius 3 is 2.33 bits per heavy atom. The fraction of sp³-hybridized carbons (Fsp3) is 0.833. The Balaban J connectivity index is 1.74. The van der Waals surface area contributed by atoms with E-state index in [-0.39, 0.29) is 5.91 Å². The highest BCUT2D eigenvalue weighted by atomic mass is 16.4. The van der Waals surface area contributed by atoms with Crippen molar-refractivity contribution in [2.75, 3.05) is 52.9 Å². The van der Waals surface area contributed by atoms with E-state index in [9.17, 15) is 4.79 Å². The summed E-state index contributed by atoms with van der Waals surface area (Å²) in [6.07, 6.45) is 1.54. The number of piperidine rings is 1. The lowest BCUT2D eigenvalue weighted by Gasteiger charge is -2.34. The molecule has 2 aliphatic heterocycles. The molecule has 0 aromatic rings. The molecule has 0 bridgehead atoms. The molecule has 0 saturated carbocycles. The van der Waals surface area contributed by atoms with E-state index in [0.29, 0.717) is 6.54 Å². The number of carbonyl (C=O) groups is 1. The van der Waals surface area contributed by atoms with Gasteiger partial charge in [0.05, 0.1) is 12.3 Å². The molecule has 2 aliphatic rings. The normalized spacial score (nSPS) is 23.2. The summed E-state index contributed by atoms with van der Waals surface area (Å²) >= 11 is 0. The largest absolute Gasteiger partial charge is 0.411 e. The lowest BCUT2D eigenvalue weighted by Crippen LogP contribution is -2.50. The van der Waals surface area contributed by atoms with E-state index in [1.165, 1.54) is 0 Å². The predicted octanol–water partition coefficient (Wildman–Crippen LogP) is -0.314. The molecule has 1 amide bonds. The topological polar surface area (TPSA) is 59.4 Å². The van der Waals surface area contributed by atoms with Gasteiger partial charge in [0.15, 0.2) is 0 Å². The molecule has 2 heterocycles. The zero-order valence-corrected chi connectivity index (χ0v) is 11.0. The molecule has 0 radical (unpaired) electrons. The fourth-order valence-electron chi connectivity index (χ4n) is 2.42. The Hall–Kier alpha value is -1.14. The summed E-state index contributed by atoms with van der Waals surface area (Å²) in [7, 11) is 2.09. The van der Waals surface area contributed by atoms with Crippen LogP contribution in [-0.4, -0.2) is 84.4 Å². The van der Waals surface area contributed by atoms with Gasteiger partial charge in [-0.25, -0.2) is 0 Å². The van der Waals surface area contributed by atoms with Crippen molar-refractivity contribution in [3.8, 4) is 0 Å². The van der Waals surface area contributed by atoms with Gasteiger partial charge >= 0.3 is 0 Å². The lowest BCUT2D eigenvalue weighted by molar-refractivity contribution is -0.134. The minimum atomic E-state index is 0.229. The molecule has 2 fully saturated rings. The van der Waals surface area contributed by atoms with E-state index < -0.39 is 0 Å². The van der Waals surface area contributed by atoms with Crippen molar-refractivity contribution in [2.45, 2.75) is 12.8 Å². The molecule has 0 unspecified atom stereocenters. The summed E-state index contributed by atoms with van der Waals surface area (Å²) in [5.41, 5.74) is 0.846. The number of amides is 1. The van der Waals surface area contributed by atoms with Crippen LogP contribution in [0.1, 0.15) is 12.8 Å². The van der Waals surface area contributed by atoms with Crippen LogP contribution in [0.5, 0.6) is 0 Å². The molecule has 0 aliphatic carbocycles. The highest BCUT2D eigenvalue weighted by Crippen LogP contribution is 2.08. The van der Waals surface area contributed by atoms with Crippen molar-refractivity contribution < 1.29 is 10.0 Å². The van der Waals surface area contributed by atoms with E-state index in [2.05, 4.69) is 22.0 Å². The fourth-order valence-corrected chi connectivity index (χ4v) is 2.42. The number of nitrogens with zero attached hydrogens (tertiary/aromatic N) is 4. The number of hydrogen-bond acceptors (Lipinski definition) is 5. The van der Waals surface area contributed by atoms with Gasteiger partial charge in [-0.15, -0.1) is 0 Å². The molecule has 1 N–H and O–H groups in total. The maximum absolute atomic E-state index is 12.1. The smallest absolute Gasteiger partial charge is 0.236 e. The first-order valence-corrected chi connectivity index (χ1v) is 6.57. The zero-order chi connectivity index (χ0) is 13.0. The highest BCUT2D eigenvalue weighted by molar-refractivity contribution is 5.85. The van der Waals surface area contributed by atoms with Crippen molar-refractivity contribution >= 4 is 11.6 Å². The number of likely N-dealkylation sites (tertiary alicyclic amines) is 1. The van der Waals surface area contributed by atoms with E-state index in [1.807, 2.05) is 4.90 Å². The number of carbonyl (C=O) groups excluding carboxylic acids is 1. The molecule has 0 spiro atoms. The van der Waals surface area contributed by atoms with Crippen LogP contribution in [0.4, 0.5) is 0 Å². The van der Waals surface area contributed by atoms with Crippen LogP contribution in [0.2, 0.25) is 0 Å². The molecule has 0 atom stereocenters. The molecule has 6 nitrogen and oxygen atoms in total. The highest BCUT2D eigenvalue weighted by Gasteiger charge is 2.23. The number of hydrogen-bond donors (Lipinski definition) is 1. The zero-order valence-electron chi connectivity index (χ0n) is 11.0. The molecule has 0 aromatic heterocycles. The number of oxime groups is 1. The first kappa shape index (κ1) is 13.3. The number of piperazine rings is 1. The quantitative estimate of drug-likeness (QED) is 0.542. The van der Waals surface area contributed by atoms with Gasteiger partial charge in [-0.3, -0.25) is 9.69 Å². The first-order chi connectivity index (χ1) is 8.69. The minimum absolute atomic E-state index is 0.229. The van der Waals surface area contributed by atoms with E-state index >= 15 is 0 Å². The van der Waals surface area contributed by atoms with Gasteiger partial charge in [0.1, 0.15) is 0 Å². The monoisotopic (exact) mass is 254 g/mol. The molecule has 18 heavy (non-hydrogen) atoms. The second-order valence-corrected chi connectivity index (χ2v) is 5.13. The second kappa shape index (κ2) is 6.15. The van der Waals surface area contributed by atoms with E-state index in [1.54, 1.807) is 0 Å². The maximum atomic E-state index is 12.1. The van der Waals surface area contributed by atoms with Crippen molar-refractivity contribution in [3.63, 3.8) is 0 Å². The predicted molar refractivity (Wildman–Crippen MR) is 69.0 cm³/mol. The summed E-state index contributed by atoms with van der Waals surface area (Å²) in [4.78, 5) is 18.5. The van der Waals surface area contributed by atoms with Gasteiger partial charge in [-0.2, -0.15) is 0 Å². The van der Waals surface area contributed by atoms with Crippen LogP contribution >= 0.6 is 0 Å². The Kier molecular flexibility index (Phi) is 4.54. The van der Waals surface area contributed by atoms with Gasteiger partial charge in [-0.1, -0.05) is 5.16 Å². The Morgan fingerprint density at radius 2 is 1.78 bits per heavy atom. The summed E-state index contributed by atoms with van der Waals surface area (Å²) in [5.74, 6) is 0.229. The van der Waals surface area contributed by atoms with Crippen LogP contribution in [-0.2, 0) is 4.79 Å². The molecular formula is C12H22N4O2. The summed E-state index contributed by atoms with van der Waals surface area (Å²) < 4.78 is 0. The van der Waals surface area contributed by atoms with E-state index in [4.69, 9.17) is 5.21 Å². The van der Waals surface area contributed by atoms with E-state index in [0.717, 1.165) is 57.8 Å². The Morgan fingerprint density at radius 1 is 1.17 bits per heavy atom. The van der Waals surface area contributed by atoms with Gasteiger partial charge < -0.3 is 15.0 Å². The Labute approximate surface area is 108 Å². The summed E-state index contributed by atoms with van der Waals surface area (Å²) in [5, 5.41) is 11.9. The van der Waals surface area contributed by atoms with Crippen molar-refractivity contribution in [1.29, 1.82) is 0 Å². The standard InChI is InChI=1S/C12H22N4O2/c1-14-6-8-16(9-7-14)12(17)10-15-4-2-11(13-18)3-5-15/h18H,2-10H2,1H3. The molecular weight excluding hydrogens is 232 g/mol. The van der Waals surface area contributed by atoms with Crippen molar-refractivity contribution in [2.24, 2.45) is 5.16 Å².